The van der Waals surface area contributed by atoms with Gasteiger partial charge in [0.1, 0.15) is 11.5 Å². The van der Waals surface area contributed by atoms with Crippen molar-refractivity contribution in [2.24, 2.45) is 5.92 Å². The number of aryl methyl sites for hydroxylation is 1. The first-order valence-electron chi connectivity index (χ1n) is 8.06. The number of ether oxygens (including phenoxy) is 1. The Kier molecular flexibility index (Phi) is 6.16. The molecular formula is C18H23N3O4. The number of carbonyl (C=O) groups is 2. The zero-order valence-electron chi connectivity index (χ0n) is 14.9. The summed E-state index contributed by atoms with van der Waals surface area (Å²) in [5.74, 6) is 1.34. The Bertz CT molecular complexity index is 739. The van der Waals surface area contributed by atoms with E-state index in [2.05, 4.69) is 24.3 Å². The first-order valence-corrected chi connectivity index (χ1v) is 8.06. The minimum absolute atomic E-state index is 0.0954. The van der Waals surface area contributed by atoms with Gasteiger partial charge in [-0.15, -0.1) is 0 Å². The van der Waals surface area contributed by atoms with Gasteiger partial charge in [-0.3, -0.25) is 9.59 Å². The van der Waals surface area contributed by atoms with Gasteiger partial charge in [0.25, 0.3) is 5.91 Å². The molecule has 0 saturated carbocycles. The number of benzene rings is 1. The maximum absolute atomic E-state index is 12.5. The topological polar surface area (TPSA) is 84.7 Å². The van der Waals surface area contributed by atoms with E-state index in [0.29, 0.717) is 35.4 Å². The largest absolute Gasteiger partial charge is 0.493 e. The molecule has 0 unspecified atom stereocenters. The summed E-state index contributed by atoms with van der Waals surface area (Å²) < 4.78 is 10.5. The van der Waals surface area contributed by atoms with Gasteiger partial charge in [0, 0.05) is 18.7 Å². The van der Waals surface area contributed by atoms with Crippen LogP contribution in [0.15, 0.2) is 34.9 Å². The van der Waals surface area contributed by atoms with Gasteiger partial charge in [-0.1, -0.05) is 25.1 Å². The Labute approximate surface area is 146 Å². The van der Waals surface area contributed by atoms with E-state index in [4.69, 9.17) is 9.26 Å². The highest BCUT2D eigenvalue weighted by molar-refractivity contribution is 5.99. The summed E-state index contributed by atoms with van der Waals surface area (Å²) in [6.07, 6.45) is 0. The van der Waals surface area contributed by atoms with E-state index < -0.39 is 0 Å². The number of hydrogen-bond donors (Lipinski definition) is 1. The van der Waals surface area contributed by atoms with E-state index in [1.165, 1.54) is 4.90 Å². The Balaban J connectivity index is 1.94. The highest BCUT2D eigenvalue weighted by Crippen LogP contribution is 2.16. The van der Waals surface area contributed by atoms with Crippen molar-refractivity contribution in [3.8, 4) is 5.75 Å². The molecule has 0 radical (unpaired) electrons. The number of aromatic nitrogens is 1. The number of rotatable bonds is 7. The van der Waals surface area contributed by atoms with Crippen molar-refractivity contribution in [3.05, 3.63) is 41.7 Å². The molecule has 0 aliphatic rings. The lowest BCUT2D eigenvalue weighted by Crippen LogP contribution is -2.35. The number of hydrogen-bond acceptors (Lipinski definition) is 5. The molecule has 2 aromatic rings. The molecular weight excluding hydrogens is 322 g/mol. The first-order chi connectivity index (χ1) is 11.8. The lowest BCUT2D eigenvalue weighted by Gasteiger charge is -2.17. The predicted molar refractivity (Wildman–Crippen MR) is 93.6 cm³/mol. The molecule has 1 aromatic carbocycles. The van der Waals surface area contributed by atoms with Crippen molar-refractivity contribution in [1.29, 1.82) is 0 Å². The quantitative estimate of drug-likeness (QED) is 0.834. The van der Waals surface area contributed by atoms with Crippen molar-refractivity contribution < 1.29 is 18.8 Å². The summed E-state index contributed by atoms with van der Waals surface area (Å²) in [4.78, 5) is 25.8. The van der Waals surface area contributed by atoms with Crippen LogP contribution >= 0.6 is 0 Å². The summed E-state index contributed by atoms with van der Waals surface area (Å²) in [6.45, 7) is 6.32. The van der Waals surface area contributed by atoms with Gasteiger partial charge in [-0.2, -0.15) is 0 Å². The lowest BCUT2D eigenvalue weighted by atomic mass is 10.2. The average Bonchev–Trinajstić information content (AvgIpc) is 2.97. The molecule has 2 rings (SSSR count). The first kappa shape index (κ1) is 18.5. The summed E-state index contributed by atoms with van der Waals surface area (Å²) in [5, 5.41) is 6.27. The van der Waals surface area contributed by atoms with Gasteiger partial charge in [0.2, 0.25) is 5.91 Å². The minimum atomic E-state index is -0.351. The Morgan fingerprint density at radius 2 is 2.08 bits per heavy atom. The molecule has 1 N–H and O–H groups in total. The number of carbonyl (C=O) groups excluding carboxylic acids is 2. The van der Waals surface area contributed by atoms with Crippen LogP contribution in [0.3, 0.4) is 0 Å². The van der Waals surface area contributed by atoms with E-state index in [9.17, 15) is 9.59 Å². The molecule has 7 heteroatoms. The van der Waals surface area contributed by atoms with Crippen molar-refractivity contribution in [3.63, 3.8) is 0 Å². The normalized spacial score (nSPS) is 10.6. The van der Waals surface area contributed by atoms with Crippen LogP contribution in [0.25, 0.3) is 0 Å². The lowest BCUT2D eigenvalue weighted by molar-refractivity contribution is -0.116. The van der Waals surface area contributed by atoms with Crippen LogP contribution in [-0.4, -0.2) is 42.1 Å². The maximum atomic E-state index is 12.5. The van der Waals surface area contributed by atoms with E-state index in [1.54, 1.807) is 44.3 Å². The highest BCUT2D eigenvalue weighted by atomic mass is 16.5. The molecule has 25 heavy (non-hydrogen) atoms. The summed E-state index contributed by atoms with van der Waals surface area (Å²) in [5.41, 5.74) is 0.467. The fourth-order valence-electron chi connectivity index (χ4n) is 2.10. The van der Waals surface area contributed by atoms with E-state index in [-0.39, 0.29) is 18.4 Å². The smallest absolute Gasteiger partial charge is 0.254 e. The van der Waals surface area contributed by atoms with Crippen LogP contribution < -0.4 is 10.1 Å². The number of nitrogens with one attached hydrogen (secondary N) is 1. The second-order valence-corrected chi connectivity index (χ2v) is 6.26. The fraction of sp³-hybridized carbons (Fsp3) is 0.389. The highest BCUT2D eigenvalue weighted by Gasteiger charge is 2.16. The third kappa shape index (κ3) is 5.63. The number of amides is 2. The molecule has 0 fully saturated rings. The molecule has 1 heterocycles. The van der Waals surface area contributed by atoms with Gasteiger partial charge in [0.15, 0.2) is 5.82 Å². The predicted octanol–water partition coefficient (Wildman–Crippen LogP) is 2.73. The number of anilines is 1. The van der Waals surface area contributed by atoms with Crippen molar-refractivity contribution in [1.82, 2.24) is 10.1 Å². The monoisotopic (exact) mass is 345 g/mol. The van der Waals surface area contributed by atoms with E-state index in [0.717, 1.165) is 0 Å². The molecule has 134 valence electrons. The molecule has 2 amide bonds. The number of likely N-dealkylation sites (N-methyl/N-ethyl adjacent to an activating group) is 1. The molecule has 0 spiro atoms. The minimum Gasteiger partial charge on any atom is -0.493 e. The molecule has 0 saturated heterocycles. The van der Waals surface area contributed by atoms with Gasteiger partial charge in [-0.25, -0.2) is 0 Å². The van der Waals surface area contributed by atoms with Crippen LogP contribution in [0.5, 0.6) is 5.75 Å². The second-order valence-electron chi connectivity index (χ2n) is 6.26. The van der Waals surface area contributed by atoms with E-state index in [1.807, 2.05) is 0 Å². The van der Waals surface area contributed by atoms with Crippen molar-refractivity contribution >= 4 is 17.6 Å². The zero-order chi connectivity index (χ0) is 18.4. The number of nitrogens with zero attached hydrogens (tertiary/aromatic N) is 2. The third-order valence-electron chi connectivity index (χ3n) is 3.29. The summed E-state index contributed by atoms with van der Waals surface area (Å²) in [6, 6.07) is 8.54. The Morgan fingerprint density at radius 1 is 1.32 bits per heavy atom. The maximum Gasteiger partial charge on any atom is 0.254 e. The molecule has 0 aliphatic carbocycles. The van der Waals surface area contributed by atoms with Crippen LogP contribution in [0.2, 0.25) is 0 Å². The molecule has 0 aliphatic heterocycles. The van der Waals surface area contributed by atoms with Crippen LogP contribution in [0.4, 0.5) is 5.82 Å². The molecule has 7 nitrogen and oxygen atoms in total. The van der Waals surface area contributed by atoms with Crippen LogP contribution in [0, 0.1) is 12.8 Å². The zero-order valence-corrected chi connectivity index (χ0v) is 14.9. The Hall–Kier alpha value is -2.83. The third-order valence-corrected chi connectivity index (χ3v) is 3.29. The van der Waals surface area contributed by atoms with Crippen LogP contribution in [-0.2, 0) is 4.79 Å². The van der Waals surface area contributed by atoms with Gasteiger partial charge in [-0.05, 0) is 31.0 Å². The van der Waals surface area contributed by atoms with Gasteiger partial charge < -0.3 is 19.5 Å². The fourth-order valence-corrected chi connectivity index (χ4v) is 2.10. The SMILES string of the molecule is Cc1cc(NC(=O)CN(C)C(=O)c2cccc(OCC(C)C)c2)no1. The molecule has 1 aromatic heterocycles. The van der Waals surface area contributed by atoms with Crippen LogP contribution in [0.1, 0.15) is 30.0 Å². The van der Waals surface area contributed by atoms with E-state index >= 15 is 0 Å². The molecule has 0 atom stereocenters. The summed E-state index contributed by atoms with van der Waals surface area (Å²) >= 11 is 0. The summed E-state index contributed by atoms with van der Waals surface area (Å²) in [7, 11) is 1.57. The van der Waals surface area contributed by atoms with Crippen molar-refractivity contribution in [2.45, 2.75) is 20.8 Å². The van der Waals surface area contributed by atoms with Gasteiger partial charge >= 0.3 is 0 Å². The standard InChI is InChI=1S/C18H23N3O4/c1-12(2)11-24-15-7-5-6-14(9-15)18(23)21(4)10-17(22)19-16-8-13(3)25-20-16/h5-9,12H,10-11H2,1-4H3,(H,19,20,22). The van der Waals surface area contributed by atoms with Crippen molar-refractivity contribution in [2.75, 3.05) is 25.5 Å². The average molecular weight is 345 g/mol. The second kappa shape index (κ2) is 8.32. The van der Waals surface area contributed by atoms with Gasteiger partial charge in [0.05, 0.1) is 13.2 Å². The molecule has 0 bridgehead atoms. The Morgan fingerprint density at radius 3 is 2.72 bits per heavy atom.